The molecule has 0 aliphatic rings. The van der Waals surface area contributed by atoms with Gasteiger partial charge in [-0.15, -0.1) is 0 Å². The number of rotatable bonds is 7. The van der Waals surface area contributed by atoms with E-state index in [4.69, 9.17) is 14.7 Å². The monoisotopic (exact) mass is 353 g/mol. The van der Waals surface area contributed by atoms with E-state index >= 15 is 0 Å². The standard InChI is InChI=1S/C20H23N3O3/c1-4-25-18-11-8-16(12-19(18)26-5-2)14-23(20(24)22-3)17-9-6-15(13-21)7-10-17/h6-12H,4-5,14H2,1-3H3,(H,22,24). The van der Waals surface area contributed by atoms with Gasteiger partial charge >= 0.3 is 6.03 Å². The van der Waals surface area contributed by atoms with Crippen molar-refractivity contribution < 1.29 is 14.3 Å². The minimum atomic E-state index is -0.235. The lowest BCUT2D eigenvalue weighted by atomic mass is 10.1. The first-order chi connectivity index (χ1) is 12.6. The van der Waals surface area contributed by atoms with Gasteiger partial charge in [0, 0.05) is 12.7 Å². The normalized spacial score (nSPS) is 9.92. The van der Waals surface area contributed by atoms with Crippen molar-refractivity contribution in [1.29, 1.82) is 5.26 Å². The largest absolute Gasteiger partial charge is 0.490 e. The molecule has 26 heavy (non-hydrogen) atoms. The molecule has 0 unspecified atom stereocenters. The lowest BCUT2D eigenvalue weighted by Gasteiger charge is -2.23. The van der Waals surface area contributed by atoms with Crippen LogP contribution < -0.4 is 19.7 Å². The number of hydrogen-bond donors (Lipinski definition) is 1. The van der Waals surface area contributed by atoms with E-state index < -0.39 is 0 Å². The summed E-state index contributed by atoms with van der Waals surface area (Å²) < 4.78 is 11.2. The number of amides is 2. The van der Waals surface area contributed by atoms with Gasteiger partial charge in [0.2, 0.25) is 0 Å². The van der Waals surface area contributed by atoms with Gasteiger partial charge < -0.3 is 14.8 Å². The van der Waals surface area contributed by atoms with Gasteiger partial charge in [-0.3, -0.25) is 4.90 Å². The van der Waals surface area contributed by atoms with Crippen molar-refractivity contribution in [2.75, 3.05) is 25.2 Å². The number of benzene rings is 2. The van der Waals surface area contributed by atoms with Gasteiger partial charge in [0.05, 0.1) is 31.4 Å². The number of nitriles is 1. The Balaban J connectivity index is 2.31. The number of carbonyl (C=O) groups is 1. The second-order valence-electron chi connectivity index (χ2n) is 5.45. The van der Waals surface area contributed by atoms with E-state index in [1.807, 2.05) is 32.0 Å². The summed E-state index contributed by atoms with van der Waals surface area (Å²) in [5.41, 5.74) is 2.16. The summed E-state index contributed by atoms with van der Waals surface area (Å²) in [5, 5.41) is 11.6. The first-order valence-corrected chi connectivity index (χ1v) is 8.50. The summed E-state index contributed by atoms with van der Waals surface area (Å²) in [6.07, 6.45) is 0. The number of hydrogen-bond acceptors (Lipinski definition) is 4. The fourth-order valence-electron chi connectivity index (χ4n) is 2.51. The average molecular weight is 353 g/mol. The molecule has 0 heterocycles. The third-order valence-corrected chi connectivity index (χ3v) is 3.72. The molecule has 0 aliphatic carbocycles. The van der Waals surface area contributed by atoms with Crippen LogP contribution in [0, 0.1) is 11.3 Å². The highest BCUT2D eigenvalue weighted by Gasteiger charge is 2.16. The summed E-state index contributed by atoms with van der Waals surface area (Å²) >= 11 is 0. The Bertz CT molecular complexity index is 782. The smallest absolute Gasteiger partial charge is 0.321 e. The quantitative estimate of drug-likeness (QED) is 0.823. The van der Waals surface area contributed by atoms with E-state index in [1.165, 1.54) is 0 Å². The Morgan fingerprint density at radius 1 is 1.08 bits per heavy atom. The van der Waals surface area contributed by atoms with E-state index in [0.29, 0.717) is 42.5 Å². The molecule has 2 aromatic carbocycles. The lowest BCUT2D eigenvalue weighted by molar-refractivity contribution is 0.248. The summed E-state index contributed by atoms with van der Waals surface area (Å²) in [6, 6.07) is 14.4. The van der Waals surface area contributed by atoms with E-state index in [0.717, 1.165) is 5.56 Å². The molecule has 0 aliphatic heterocycles. The fraction of sp³-hybridized carbons (Fsp3) is 0.300. The van der Waals surface area contributed by atoms with Crippen LogP contribution in [0.2, 0.25) is 0 Å². The molecule has 0 fully saturated rings. The summed E-state index contributed by atoms with van der Waals surface area (Å²) in [4.78, 5) is 13.9. The molecule has 1 N–H and O–H groups in total. The Morgan fingerprint density at radius 3 is 2.31 bits per heavy atom. The van der Waals surface area contributed by atoms with Crippen molar-refractivity contribution in [2.45, 2.75) is 20.4 Å². The van der Waals surface area contributed by atoms with Crippen LogP contribution in [0.1, 0.15) is 25.0 Å². The number of nitrogens with zero attached hydrogens (tertiary/aromatic N) is 2. The highest BCUT2D eigenvalue weighted by atomic mass is 16.5. The molecule has 2 amide bonds. The molecule has 0 saturated carbocycles. The van der Waals surface area contributed by atoms with Gasteiger partial charge in [-0.25, -0.2) is 4.79 Å². The number of ether oxygens (including phenoxy) is 2. The van der Waals surface area contributed by atoms with Gasteiger partial charge in [0.1, 0.15) is 0 Å². The van der Waals surface area contributed by atoms with Crippen molar-refractivity contribution in [2.24, 2.45) is 0 Å². The molecule has 6 heteroatoms. The number of nitrogens with one attached hydrogen (secondary N) is 1. The fourth-order valence-corrected chi connectivity index (χ4v) is 2.51. The molecule has 2 aromatic rings. The van der Waals surface area contributed by atoms with Crippen LogP contribution in [0.15, 0.2) is 42.5 Å². The first kappa shape index (κ1) is 19.1. The summed E-state index contributed by atoms with van der Waals surface area (Å²) in [5.74, 6) is 1.34. The van der Waals surface area contributed by atoms with Crippen LogP contribution >= 0.6 is 0 Å². The highest BCUT2D eigenvalue weighted by molar-refractivity contribution is 5.91. The lowest BCUT2D eigenvalue weighted by Crippen LogP contribution is -2.37. The van der Waals surface area contributed by atoms with E-state index in [1.54, 1.807) is 36.2 Å². The Labute approximate surface area is 153 Å². The molecular weight excluding hydrogens is 330 g/mol. The minimum absolute atomic E-state index is 0.235. The number of anilines is 1. The highest BCUT2D eigenvalue weighted by Crippen LogP contribution is 2.29. The van der Waals surface area contributed by atoms with Crippen LogP contribution in [-0.4, -0.2) is 26.3 Å². The molecule has 0 spiro atoms. The third-order valence-electron chi connectivity index (χ3n) is 3.72. The van der Waals surface area contributed by atoms with Crippen molar-refractivity contribution in [1.82, 2.24) is 5.32 Å². The zero-order valence-electron chi connectivity index (χ0n) is 15.3. The average Bonchev–Trinajstić information content (AvgIpc) is 2.68. The maximum absolute atomic E-state index is 12.3. The van der Waals surface area contributed by atoms with Crippen LogP contribution in [0.3, 0.4) is 0 Å². The van der Waals surface area contributed by atoms with Gasteiger partial charge in [0.15, 0.2) is 11.5 Å². The third kappa shape index (κ3) is 4.67. The Kier molecular flexibility index (Phi) is 6.86. The number of urea groups is 1. The van der Waals surface area contributed by atoms with E-state index in [9.17, 15) is 4.79 Å². The first-order valence-electron chi connectivity index (χ1n) is 8.50. The van der Waals surface area contributed by atoms with Crippen LogP contribution in [0.5, 0.6) is 11.5 Å². The van der Waals surface area contributed by atoms with E-state index in [-0.39, 0.29) is 6.03 Å². The van der Waals surface area contributed by atoms with Crippen LogP contribution in [-0.2, 0) is 6.54 Å². The second-order valence-corrected chi connectivity index (χ2v) is 5.45. The predicted octanol–water partition coefficient (Wildman–Crippen LogP) is 3.70. The Morgan fingerprint density at radius 2 is 1.73 bits per heavy atom. The summed E-state index contributed by atoms with van der Waals surface area (Å²) in [7, 11) is 1.59. The molecule has 136 valence electrons. The van der Waals surface area contributed by atoms with Crippen LogP contribution in [0.4, 0.5) is 10.5 Å². The topological polar surface area (TPSA) is 74.6 Å². The summed E-state index contributed by atoms with van der Waals surface area (Å²) in [6.45, 7) is 5.27. The predicted molar refractivity (Wildman–Crippen MR) is 101 cm³/mol. The van der Waals surface area contributed by atoms with Crippen molar-refractivity contribution in [3.63, 3.8) is 0 Å². The van der Waals surface area contributed by atoms with Crippen molar-refractivity contribution >= 4 is 11.7 Å². The molecule has 0 radical (unpaired) electrons. The van der Waals surface area contributed by atoms with Gasteiger partial charge in [0.25, 0.3) is 0 Å². The molecule has 0 aromatic heterocycles. The molecule has 2 rings (SSSR count). The maximum Gasteiger partial charge on any atom is 0.321 e. The Hall–Kier alpha value is -3.20. The van der Waals surface area contributed by atoms with Crippen LogP contribution in [0.25, 0.3) is 0 Å². The van der Waals surface area contributed by atoms with E-state index in [2.05, 4.69) is 11.4 Å². The van der Waals surface area contributed by atoms with Gasteiger partial charge in [-0.2, -0.15) is 5.26 Å². The molecule has 0 atom stereocenters. The molecule has 0 saturated heterocycles. The number of carbonyl (C=O) groups excluding carboxylic acids is 1. The molecular formula is C20H23N3O3. The van der Waals surface area contributed by atoms with Crippen molar-refractivity contribution in [3.05, 3.63) is 53.6 Å². The maximum atomic E-state index is 12.3. The van der Waals surface area contributed by atoms with Crippen molar-refractivity contribution in [3.8, 4) is 17.6 Å². The zero-order valence-corrected chi connectivity index (χ0v) is 15.3. The zero-order chi connectivity index (χ0) is 18.9. The molecule has 6 nitrogen and oxygen atoms in total. The minimum Gasteiger partial charge on any atom is -0.490 e. The van der Waals surface area contributed by atoms with Gasteiger partial charge in [-0.05, 0) is 55.8 Å². The second kappa shape index (κ2) is 9.33. The van der Waals surface area contributed by atoms with Gasteiger partial charge in [-0.1, -0.05) is 6.07 Å². The molecule has 0 bridgehead atoms. The SMILES string of the molecule is CCOc1ccc(CN(C(=O)NC)c2ccc(C#N)cc2)cc1OCC.